The predicted octanol–water partition coefficient (Wildman–Crippen LogP) is 0.899. The molecule has 7 nitrogen and oxygen atoms in total. The SMILES string of the molecule is CC(=O)N(CCO)C[C@@H]1CC[C@@H](NC(=O)OC(C)(C)C)CO1. The van der Waals surface area contributed by atoms with Crippen molar-refractivity contribution in [3.05, 3.63) is 0 Å². The van der Waals surface area contributed by atoms with Gasteiger partial charge in [0.2, 0.25) is 5.91 Å². The van der Waals surface area contributed by atoms with Crippen molar-refractivity contribution in [1.82, 2.24) is 10.2 Å². The minimum atomic E-state index is -0.519. The number of carbonyl (C=O) groups excluding carboxylic acids is 2. The van der Waals surface area contributed by atoms with Crippen molar-refractivity contribution in [3.8, 4) is 0 Å². The van der Waals surface area contributed by atoms with Crippen LogP contribution in [0.4, 0.5) is 4.79 Å². The molecule has 1 saturated heterocycles. The average Bonchev–Trinajstić information content (AvgIpc) is 2.38. The largest absolute Gasteiger partial charge is 0.444 e. The van der Waals surface area contributed by atoms with Gasteiger partial charge in [0.1, 0.15) is 5.60 Å². The van der Waals surface area contributed by atoms with Gasteiger partial charge in [-0.3, -0.25) is 4.79 Å². The number of alkyl carbamates (subject to hydrolysis) is 1. The average molecular weight is 316 g/mol. The van der Waals surface area contributed by atoms with Crippen LogP contribution in [0.3, 0.4) is 0 Å². The summed E-state index contributed by atoms with van der Waals surface area (Å²) in [5, 5.41) is 11.7. The number of rotatable bonds is 5. The molecule has 2 amide bonds. The number of ether oxygens (including phenoxy) is 2. The molecule has 22 heavy (non-hydrogen) atoms. The number of carbonyl (C=O) groups is 2. The normalized spacial score (nSPS) is 22.0. The highest BCUT2D eigenvalue weighted by atomic mass is 16.6. The summed E-state index contributed by atoms with van der Waals surface area (Å²) in [4.78, 5) is 24.7. The predicted molar refractivity (Wildman–Crippen MR) is 81.5 cm³/mol. The van der Waals surface area contributed by atoms with Crippen LogP contribution in [-0.4, -0.2) is 66.1 Å². The molecule has 0 saturated carbocycles. The molecule has 0 aromatic heterocycles. The van der Waals surface area contributed by atoms with Gasteiger partial charge >= 0.3 is 6.09 Å². The van der Waals surface area contributed by atoms with Crippen LogP contribution < -0.4 is 5.32 Å². The second kappa shape index (κ2) is 8.33. The van der Waals surface area contributed by atoms with Crippen molar-refractivity contribution < 1.29 is 24.2 Å². The van der Waals surface area contributed by atoms with Crippen molar-refractivity contribution >= 4 is 12.0 Å². The van der Waals surface area contributed by atoms with Gasteiger partial charge in [-0.05, 0) is 33.6 Å². The van der Waals surface area contributed by atoms with Gasteiger partial charge in [0, 0.05) is 20.0 Å². The van der Waals surface area contributed by atoms with Crippen LogP contribution in [0.1, 0.15) is 40.5 Å². The zero-order valence-electron chi connectivity index (χ0n) is 13.9. The lowest BCUT2D eigenvalue weighted by atomic mass is 10.0. The highest BCUT2D eigenvalue weighted by Gasteiger charge is 2.26. The first-order valence-corrected chi connectivity index (χ1v) is 7.68. The lowest BCUT2D eigenvalue weighted by Gasteiger charge is -2.33. The lowest BCUT2D eigenvalue weighted by molar-refractivity contribution is -0.132. The van der Waals surface area contributed by atoms with E-state index in [2.05, 4.69) is 5.32 Å². The van der Waals surface area contributed by atoms with Crippen molar-refractivity contribution in [2.24, 2.45) is 0 Å². The molecule has 1 fully saturated rings. The molecular weight excluding hydrogens is 288 g/mol. The Hall–Kier alpha value is -1.34. The molecule has 128 valence electrons. The Labute approximate surface area is 131 Å². The number of nitrogens with zero attached hydrogens (tertiary/aromatic N) is 1. The van der Waals surface area contributed by atoms with E-state index in [4.69, 9.17) is 14.6 Å². The molecule has 7 heteroatoms. The third kappa shape index (κ3) is 7.09. The molecular formula is C15H28N2O5. The summed E-state index contributed by atoms with van der Waals surface area (Å²) in [7, 11) is 0. The van der Waals surface area contributed by atoms with E-state index in [0.29, 0.717) is 19.7 Å². The summed E-state index contributed by atoms with van der Waals surface area (Å²) in [6.07, 6.45) is 1.02. The van der Waals surface area contributed by atoms with Crippen molar-refractivity contribution in [3.63, 3.8) is 0 Å². The van der Waals surface area contributed by atoms with Crippen molar-refractivity contribution in [2.75, 3.05) is 26.3 Å². The molecule has 0 bridgehead atoms. The minimum absolute atomic E-state index is 0.0604. The highest BCUT2D eigenvalue weighted by molar-refractivity contribution is 5.73. The maximum atomic E-state index is 11.7. The Balaban J connectivity index is 2.34. The Morgan fingerprint density at radius 3 is 2.50 bits per heavy atom. The Morgan fingerprint density at radius 1 is 1.36 bits per heavy atom. The maximum Gasteiger partial charge on any atom is 0.407 e. The van der Waals surface area contributed by atoms with Gasteiger partial charge in [0.15, 0.2) is 0 Å². The molecule has 1 aliphatic heterocycles. The summed E-state index contributed by atoms with van der Waals surface area (Å²) in [6.45, 7) is 8.05. The zero-order valence-corrected chi connectivity index (χ0v) is 13.9. The smallest absolute Gasteiger partial charge is 0.407 e. The number of hydrogen-bond acceptors (Lipinski definition) is 5. The van der Waals surface area contributed by atoms with E-state index in [1.807, 2.05) is 20.8 Å². The quantitative estimate of drug-likeness (QED) is 0.787. The Morgan fingerprint density at radius 2 is 2.05 bits per heavy atom. The standard InChI is InChI=1S/C15H28N2O5/c1-11(19)17(7-8-18)9-13-6-5-12(10-21-13)16-14(20)22-15(2,3)4/h12-13,18H,5-10H2,1-4H3,(H,16,20)/t12-,13+/m1/s1. The van der Waals surface area contributed by atoms with Gasteiger partial charge < -0.3 is 24.8 Å². The van der Waals surface area contributed by atoms with E-state index in [0.717, 1.165) is 12.8 Å². The van der Waals surface area contributed by atoms with Crippen LogP contribution in [0.25, 0.3) is 0 Å². The highest BCUT2D eigenvalue weighted by Crippen LogP contribution is 2.16. The number of aliphatic hydroxyl groups excluding tert-OH is 1. The zero-order chi connectivity index (χ0) is 16.8. The summed E-state index contributed by atoms with van der Waals surface area (Å²) in [6, 6.07) is -0.0743. The molecule has 1 heterocycles. The number of nitrogens with one attached hydrogen (secondary N) is 1. The van der Waals surface area contributed by atoms with Crippen LogP contribution in [-0.2, 0) is 14.3 Å². The molecule has 0 aromatic carbocycles. The third-order valence-corrected chi connectivity index (χ3v) is 3.33. The van der Waals surface area contributed by atoms with Gasteiger partial charge in [0.25, 0.3) is 0 Å². The third-order valence-electron chi connectivity index (χ3n) is 3.33. The van der Waals surface area contributed by atoms with Crippen LogP contribution in [0.2, 0.25) is 0 Å². The first-order chi connectivity index (χ1) is 10.2. The first kappa shape index (κ1) is 18.7. The number of hydrogen-bond donors (Lipinski definition) is 2. The lowest BCUT2D eigenvalue weighted by Crippen LogP contribution is -2.47. The van der Waals surface area contributed by atoms with Gasteiger partial charge in [-0.15, -0.1) is 0 Å². The summed E-state index contributed by atoms with van der Waals surface area (Å²) >= 11 is 0. The van der Waals surface area contributed by atoms with E-state index >= 15 is 0 Å². The van der Waals surface area contributed by atoms with Gasteiger partial charge in [0.05, 0.1) is 25.4 Å². The van der Waals surface area contributed by atoms with Crippen molar-refractivity contribution in [2.45, 2.75) is 58.3 Å². The molecule has 1 rings (SSSR count). The molecule has 0 spiro atoms. The fourth-order valence-electron chi connectivity index (χ4n) is 2.28. The second-order valence-corrected chi connectivity index (χ2v) is 6.56. The molecule has 1 aliphatic rings. The molecule has 0 aliphatic carbocycles. The van der Waals surface area contributed by atoms with Gasteiger partial charge in [-0.2, -0.15) is 0 Å². The fourth-order valence-corrected chi connectivity index (χ4v) is 2.28. The summed E-state index contributed by atoms with van der Waals surface area (Å²) in [5.74, 6) is -0.0772. The topological polar surface area (TPSA) is 88.1 Å². The molecule has 0 radical (unpaired) electrons. The number of amides is 2. The summed E-state index contributed by atoms with van der Waals surface area (Å²) in [5.41, 5.74) is -0.519. The summed E-state index contributed by atoms with van der Waals surface area (Å²) < 4.78 is 10.9. The maximum absolute atomic E-state index is 11.7. The van der Waals surface area contributed by atoms with E-state index in [1.54, 1.807) is 4.90 Å². The van der Waals surface area contributed by atoms with E-state index in [-0.39, 0.29) is 24.7 Å². The van der Waals surface area contributed by atoms with Gasteiger partial charge in [-0.1, -0.05) is 0 Å². The van der Waals surface area contributed by atoms with E-state index < -0.39 is 11.7 Å². The monoisotopic (exact) mass is 316 g/mol. The van der Waals surface area contributed by atoms with Crippen molar-refractivity contribution in [1.29, 1.82) is 0 Å². The van der Waals surface area contributed by atoms with Crippen LogP contribution in [0, 0.1) is 0 Å². The molecule has 0 aromatic rings. The Kier molecular flexibility index (Phi) is 7.09. The fraction of sp³-hybridized carbons (Fsp3) is 0.867. The van der Waals surface area contributed by atoms with E-state index in [9.17, 15) is 9.59 Å². The van der Waals surface area contributed by atoms with Gasteiger partial charge in [-0.25, -0.2) is 4.79 Å². The molecule has 0 unspecified atom stereocenters. The van der Waals surface area contributed by atoms with Crippen LogP contribution >= 0.6 is 0 Å². The Bertz CT molecular complexity index is 373. The first-order valence-electron chi connectivity index (χ1n) is 7.68. The van der Waals surface area contributed by atoms with Crippen LogP contribution in [0.5, 0.6) is 0 Å². The number of aliphatic hydroxyl groups is 1. The molecule has 2 atom stereocenters. The second-order valence-electron chi connectivity index (χ2n) is 6.56. The van der Waals surface area contributed by atoms with Crippen LogP contribution in [0.15, 0.2) is 0 Å². The minimum Gasteiger partial charge on any atom is -0.444 e. The van der Waals surface area contributed by atoms with E-state index in [1.165, 1.54) is 6.92 Å². The molecule has 2 N–H and O–H groups in total.